The molecule has 1 aromatic heterocycles. The predicted octanol–water partition coefficient (Wildman–Crippen LogP) is 4.10. The van der Waals surface area contributed by atoms with Gasteiger partial charge in [0.1, 0.15) is 0 Å². The lowest BCUT2D eigenvalue weighted by molar-refractivity contribution is 0.0946. The number of hydrogen-bond acceptors (Lipinski definition) is 2. The zero-order chi connectivity index (χ0) is 13.8. The normalized spacial score (nSPS) is 20.4. The Morgan fingerprint density at radius 2 is 1.68 bits per heavy atom. The van der Waals surface area contributed by atoms with Crippen molar-refractivity contribution in [2.75, 3.05) is 0 Å². The van der Waals surface area contributed by atoms with Gasteiger partial charge in [0, 0.05) is 23.1 Å². The summed E-state index contributed by atoms with van der Waals surface area (Å²) in [5.41, 5.74) is 1.73. The Balaban J connectivity index is 2.10. The number of fused-ring (bicyclic) bond motifs is 1. The summed E-state index contributed by atoms with van der Waals surface area (Å²) in [5, 5.41) is 1.03. The van der Waals surface area contributed by atoms with Crippen LogP contribution in [-0.2, 0) is 0 Å². The molecule has 0 N–H and O–H groups in total. The number of aromatic nitrogens is 1. The number of benzene rings is 1. The van der Waals surface area contributed by atoms with Crippen molar-refractivity contribution in [2.24, 2.45) is 16.7 Å². The molecule has 1 aromatic carbocycles. The summed E-state index contributed by atoms with van der Waals surface area (Å²) in [5.74, 6) is 0.326. The summed E-state index contributed by atoms with van der Waals surface area (Å²) in [7, 11) is 0. The largest absolute Gasteiger partial charge is 0.294 e. The molecule has 2 heteroatoms. The molecule has 0 bridgehead atoms. The smallest absolute Gasteiger partial charge is 0.169 e. The van der Waals surface area contributed by atoms with Crippen molar-refractivity contribution in [3.63, 3.8) is 0 Å². The second kappa shape index (κ2) is 3.66. The molecule has 3 rings (SSSR count). The fourth-order valence-corrected chi connectivity index (χ4v) is 3.31. The first-order chi connectivity index (χ1) is 8.87. The number of para-hydroxylation sites is 1. The number of carbonyl (C=O) groups is 1. The maximum Gasteiger partial charge on any atom is 0.169 e. The van der Waals surface area contributed by atoms with Gasteiger partial charge in [0.2, 0.25) is 0 Å². The van der Waals surface area contributed by atoms with Gasteiger partial charge in [0.05, 0.1) is 5.52 Å². The van der Waals surface area contributed by atoms with Crippen molar-refractivity contribution >= 4 is 16.7 Å². The Morgan fingerprint density at radius 3 is 2.32 bits per heavy atom. The van der Waals surface area contributed by atoms with E-state index >= 15 is 0 Å². The van der Waals surface area contributed by atoms with Crippen molar-refractivity contribution in [1.82, 2.24) is 4.98 Å². The summed E-state index contributed by atoms with van der Waals surface area (Å²) in [4.78, 5) is 17.2. The number of carbonyl (C=O) groups excluding carboxylic acids is 1. The Morgan fingerprint density at radius 1 is 1.05 bits per heavy atom. The second-order valence-corrected chi connectivity index (χ2v) is 6.62. The average Bonchev–Trinajstić information content (AvgIpc) is 2.78. The van der Waals surface area contributed by atoms with Gasteiger partial charge < -0.3 is 0 Å². The highest BCUT2D eigenvalue weighted by Gasteiger charge is 2.67. The monoisotopic (exact) mass is 253 g/mol. The summed E-state index contributed by atoms with van der Waals surface area (Å²) in [6.07, 6.45) is 1.75. The van der Waals surface area contributed by atoms with Crippen LogP contribution in [0.1, 0.15) is 38.1 Å². The van der Waals surface area contributed by atoms with Gasteiger partial charge in [-0.1, -0.05) is 45.9 Å². The highest BCUT2D eigenvalue weighted by molar-refractivity contribution is 6.09. The minimum absolute atomic E-state index is 0.0705. The van der Waals surface area contributed by atoms with E-state index in [0.29, 0.717) is 0 Å². The first kappa shape index (κ1) is 12.3. The molecular formula is C17H19NO. The predicted molar refractivity (Wildman–Crippen MR) is 77.1 cm³/mol. The van der Waals surface area contributed by atoms with Gasteiger partial charge in [-0.15, -0.1) is 0 Å². The van der Waals surface area contributed by atoms with Crippen LogP contribution in [0.25, 0.3) is 10.9 Å². The Hall–Kier alpha value is -1.70. The first-order valence-corrected chi connectivity index (χ1v) is 6.75. The maximum atomic E-state index is 12.8. The Labute approximate surface area is 113 Å². The van der Waals surface area contributed by atoms with Gasteiger partial charge in [0.25, 0.3) is 0 Å². The van der Waals surface area contributed by atoms with E-state index in [-0.39, 0.29) is 22.5 Å². The van der Waals surface area contributed by atoms with Crippen LogP contribution in [0.5, 0.6) is 0 Å². The van der Waals surface area contributed by atoms with E-state index in [1.54, 1.807) is 6.20 Å². The zero-order valence-electron chi connectivity index (χ0n) is 11.9. The molecule has 2 nitrogen and oxygen atoms in total. The summed E-state index contributed by atoms with van der Waals surface area (Å²) in [6, 6.07) is 9.76. The fourth-order valence-electron chi connectivity index (χ4n) is 3.31. The lowest BCUT2D eigenvalue weighted by Gasteiger charge is -2.06. The quantitative estimate of drug-likeness (QED) is 0.754. The molecule has 0 radical (unpaired) electrons. The first-order valence-electron chi connectivity index (χ1n) is 6.75. The van der Waals surface area contributed by atoms with E-state index in [1.807, 2.05) is 30.3 Å². The molecule has 0 saturated heterocycles. The van der Waals surface area contributed by atoms with Crippen LogP contribution in [0.3, 0.4) is 0 Å². The van der Waals surface area contributed by atoms with Gasteiger partial charge in [0.15, 0.2) is 5.78 Å². The van der Waals surface area contributed by atoms with Crippen LogP contribution in [0.15, 0.2) is 36.5 Å². The molecule has 0 amide bonds. The van der Waals surface area contributed by atoms with Gasteiger partial charge in [-0.3, -0.25) is 9.78 Å². The van der Waals surface area contributed by atoms with Crippen LogP contribution in [0.2, 0.25) is 0 Å². The molecule has 0 spiro atoms. The fraction of sp³-hybridized carbons (Fsp3) is 0.412. The number of rotatable bonds is 2. The van der Waals surface area contributed by atoms with Gasteiger partial charge >= 0.3 is 0 Å². The van der Waals surface area contributed by atoms with E-state index in [2.05, 4.69) is 32.7 Å². The van der Waals surface area contributed by atoms with Crippen molar-refractivity contribution in [3.05, 3.63) is 42.1 Å². The van der Waals surface area contributed by atoms with Crippen molar-refractivity contribution in [3.8, 4) is 0 Å². The van der Waals surface area contributed by atoms with E-state index in [1.165, 1.54) is 0 Å². The van der Waals surface area contributed by atoms with Crippen LogP contribution >= 0.6 is 0 Å². The molecule has 1 saturated carbocycles. The number of Topliss-reactive ketones (excluding diaryl/α,β-unsaturated/α-hetero) is 1. The van der Waals surface area contributed by atoms with Crippen molar-refractivity contribution in [1.29, 1.82) is 0 Å². The van der Waals surface area contributed by atoms with Crippen LogP contribution < -0.4 is 0 Å². The summed E-state index contributed by atoms with van der Waals surface area (Å²) < 4.78 is 0. The Kier molecular flexibility index (Phi) is 2.38. The highest BCUT2D eigenvalue weighted by atomic mass is 16.1. The zero-order valence-corrected chi connectivity index (χ0v) is 11.9. The minimum Gasteiger partial charge on any atom is -0.294 e. The molecule has 1 aliphatic carbocycles. The van der Waals surface area contributed by atoms with Crippen molar-refractivity contribution in [2.45, 2.75) is 27.7 Å². The number of nitrogens with zero attached hydrogens (tertiary/aromatic N) is 1. The number of pyridine rings is 1. The van der Waals surface area contributed by atoms with Crippen LogP contribution in [0, 0.1) is 16.7 Å². The number of hydrogen-bond donors (Lipinski definition) is 0. The molecule has 98 valence electrons. The molecule has 1 heterocycles. The van der Waals surface area contributed by atoms with E-state index < -0.39 is 0 Å². The molecule has 0 unspecified atom stereocenters. The van der Waals surface area contributed by atoms with Gasteiger partial charge in [-0.05, 0) is 23.0 Å². The molecule has 19 heavy (non-hydrogen) atoms. The van der Waals surface area contributed by atoms with Crippen LogP contribution in [0.4, 0.5) is 0 Å². The van der Waals surface area contributed by atoms with Crippen molar-refractivity contribution < 1.29 is 4.79 Å². The molecule has 1 fully saturated rings. The van der Waals surface area contributed by atoms with E-state index in [0.717, 1.165) is 16.5 Å². The minimum atomic E-state index is 0.0705. The third-order valence-corrected chi connectivity index (χ3v) is 5.18. The molecule has 0 atom stereocenters. The molecular weight excluding hydrogens is 234 g/mol. The molecule has 2 aromatic rings. The highest BCUT2D eigenvalue weighted by Crippen LogP contribution is 2.69. The van der Waals surface area contributed by atoms with E-state index in [9.17, 15) is 4.79 Å². The van der Waals surface area contributed by atoms with E-state index in [4.69, 9.17) is 0 Å². The van der Waals surface area contributed by atoms with Crippen LogP contribution in [-0.4, -0.2) is 10.8 Å². The number of ketones is 1. The standard InChI is InChI=1S/C17H19NO/c1-16(2)15(17(16,3)4)14(19)12-9-5-7-11-8-6-10-18-13(11)12/h5-10,15H,1-4H3. The topological polar surface area (TPSA) is 30.0 Å². The molecule has 1 aliphatic rings. The molecule has 0 aliphatic heterocycles. The summed E-state index contributed by atoms with van der Waals surface area (Å²) in [6.45, 7) is 8.70. The Bertz CT molecular complexity index is 651. The lowest BCUT2D eigenvalue weighted by Crippen LogP contribution is -2.08. The van der Waals surface area contributed by atoms with Gasteiger partial charge in [-0.25, -0.2) is 0 Å². The third-order valence-electron chi connectivity index (χ3n) is 5.18. The SMILES string of the molecule is CC1(C)C(C(=O)c2cccc3cccnc23)C1(C)C. The third kappa shape index (κ3) is 1.55. The maximum absolute atomic E-state index is 12.8. The average molecular weight is 253 g/mol. The summed E-state index contributed by atoms with van der Waals surface area (Å²) >= 11 is 0. The van der Waals surface area contributed by atoms with Gasteiger partial charge in [-0.2, -0.15) is 0 Å². The lowest BCUT2D eigenvalue weighted by atomic mass is 9.99. The second-order valence-electron chi connectivity index (χ2n) is 6.62.